The number of nitrogens with zero attached hydrogens (tertiary/aromatic N) is 2. The van der Waals surface area contributed by atoms with E-state index in [4.69, 9.17) is 5.26 Å². The van der Waals surface area contributed by atoms with Crippen LogP contribution < -0.4 is 4.72 Å². The zero-order valence-corrected chi connectivity index (χ0v) is 15.7. The number of benzene rings is 2. The van der Waals surface area contributed by atoms with Crippen LogP contribution >= 0.6 is 0 Å². The van der Waals surface area contributed by atoms with E-state index >= 15 is 0 Å². The van der Waals surface area contributed by atoms with E-state index < -0.39 is 10.0 Å². The summed E-state index contributed by atoms with van der Waals surface area (Å²) in [6.07, 6.45) is 2.32. The van der Waals surface area contributed by atoms with E-state index in [0.29, 0.717) is 17.2 Å². The van der Waals surface area contributed by atoms with Gasteiger partial charge in [0, 0.05) is 12.2 Å². The molecule has 136 valence electrons. The van der Waals surface area contributed by atoms with Crippen molar-refractivity contribution < 1.29 is 8.42 Å². The van der Waals surface area contributed by atoms with Gasteiger partial charge in [-0.15, -0.1) is 0 Å². The first kappa shape index (κ1) is 18.4. The van der Waals surface area contributed by atoms with Crippen molar-refractivity contribution in [3.05, 3.63) is 59.7 Å². The highest BCUT2D eigenvalue weighted by Crippen LogP contribution is 2.28. The topological polar surface area (TPSA) is 73.2 Å². The molecular weight excluding hydrogens is 346 g/mol. The molecule has 0 aliphatic carbocycles. The van der Waals surface area contributed by atoms with Crippen molar-refractivity contribution in [2.75, 3.05) is 24.4 Å². The Morgan fingerprint density at radius 1 is 1.15 bits per heavy atom. The molecular formula is C20H23N3O2S. The lowest BCUT2D eigenvalue weighted by Crippen LogP contribution is -2.20. The van der Waals surface area contributed by atoms with Gasteiger partial charge < -0.3 is 4.90 Å². The van der Waals surface area contributed by atoms with Crippen LogP contribution in [0.25, 0.3) is 0 Å². The quantitative estimate of drug-likeness (QED) is 0.845. The monoisotopic (exact) mass is 369 g/mol. The van der Waals surface area contributed by atoms with Gasteiger partial charge in [0.15, 0.2) is 0 Å². The molecule has 2 aromatic rings. The first-order valence-electron chi connectivity index (χ1n) is 8.87. The summed E-state index contributed by atoms with van der Waals surface area (Å²) in [4.78, 5) is 2.62. The normalized spacial score (nSPS) is 17.8. The lowest BCUT2D eigenvalue weighted by molar-refractivity contribution is 0.335. The average Bonchev–Trinajstić information content (AvgIpc) is 3.11. The Morgan fingerprint density at radius 3 is 2.46 bits per heavy atom. The van der Waals surface area contributed by atoms with Gasteiger partial charge in [-0.2, -0.15) is 5.26 Å². The third-order valence-corrected chi connectivity index (χ3v) is 6.14. The van der Waals surface area contributed by atoms with Crippen LogP contribution in [0.2, 0.25) is 0 Å². The molecule has 1 saturated heterocycles. The molecule has 2 aromatic carbocycles. The smallest absolute Gasteiger partial charge is 0.261 e. The predicted octanol–water partition coefficient (Wildman–Crippen LogP) is 3.56. The molecule has 26 heavy (non-hydrogen) atoms. The summed E-state index contributed by atoms with van der Waals surface area (Å²) in [7, 11) is -3.65. The van der Waals surface area contributed by atoms with Crippen LogP contribution in [0.1, 0.15) is 36.8 Å². The number of hydrogen-bond donors (Lipinski definition) is 1. The molecule has 1 atom stereocenters. The molecule has 5 nitrogen and oxygen atoms in total. The van der Waals surface area contributed by atoms with Crippen molar-refractivity contribution in [1.82, 2.24) is 4.90 Å². The molecule has 1 N–H and O–H groups in total. The number of nitrogens with one attached hydrogen (secondary N) is 1. The SMILES string of the molecule is CCCN1CCC(c2ccc(NS(=O)(=O)c3ccc(C#N)cc3)cc2)C1. The van der Waals surface area contributed by atoms with E-state index in [1.54, 1.807) is 0 Å². The lowest BCUT2D eigenvalue weighted by atomic mass is 9.98. The molecule has 1 heterocycles. The third kappa shape index (κ3) is 4.24. The Kier molecular flexibility index (Phi) is 5.60. The van der Waals surface area contributed by atoms with Crippen LogP contribution in [-0.2, 0) is 10.0 Å². The van der Waals surface area contributed by atoms with Crippen LogP contribution in [0.5, 0.6) is 0 Å². The lowest BCUT2D eigenvalue weighted by Gasteiger charge is -2.15. The predicted molar refractivity (Wildman–Crippen MR) is 102 cm³/mol. The highest BCUT2D eigenvalue weighted by molar-refractivity contribution is 7.92. The first-order chi connectivity index (χ1) is 12.5. The molecule has 0 aromatic heterocycles. The van der Waals surface area contributed by atoms with E-state index in [0.717, 1.165) is 26.1 Å². The highest BCUT2D eigenvalue weighted by atomic mass is 32.2. The summed E-state index contributed by atoms with van der Waals surface area (Å²) in [5.41, 5.74) is 2.23. The minimum Gasteiger partial charge on any atom is -0.303 e. The number of hydrogen-bond acceptors (Lipinski definition) is 4. The van der Waals surface area contributed by atoms with E-state index in [1.165, 1.54) is 36.2 Å². The van der Waals surface area contributed by atoms with E-state index in [1.807, 2.05) is 30.3 Å². The minimum atomic E-state index is -3.65. The third-order valence-electron chi connectivity index (χ3n) is 4.74. The van der Waals surface area contributed by atoms with Gasteiger partial charge in [0.2, 0.25) is 0 Å². The van der Waals surface area contributed by atoms with Crippen LogP contribution in [0.3, 0.4) is 0 Å². The van der Waals surface area contributed by atoms with E-state index in [2.05, 4.69) is 16.5 Å². The second kappa shape index (κ2) is 7.90. The van der Waals surface area contributed by atoms with Gasteiger partial charge in [-0.05, 0) is 73.8 Å². The van der Waals surface area contributed by atoms with Gasteiger partial charge in [-0.3, -0.25) is 4.72 Å². The van der Waals surface area contributed by atoms with Gasteiger partial charge in [-0.25, -0.2) is 8.42 Å². The fraction of sp³-hybridized carbons (Fsp3) is 0.350. The molecule has 0 spiro atoms. The van der Waals surface area contributed by atoms with Crippen LogP contribution in [0, 0.1) is 11.3 Å². The standard InChI is InChI=1S/C20H23N3O2S/c1-2-12-23-13-11-18(15-23)17-5-7-19(8-6-17)22-26(24,25)20-9-3-16(14-21)4-10-20/h3-10,18,22H,2,11-13,15H2,1H3. The van der Waals surface area contributed by atoms with Crippen molar-refractivity contribution in [3.63, 3.8) is 0 Å². The fourth-order valence-electron chi connectivity index (χ4n) is 3.37. The number of likely N-dealkylation sites (tertiary alicyclic amines) is 1. The first-order valence-corrected chi connectivity index (χ1v) is 10.4. The zero-order chi connectivity index (χ0) is 18.6. The highest BCUT2D eigenvalue weighted by Gasteiger charge is 2.23. The Bertz CT molecular complexity index is 884. The molecule has 3 rings (SSSR count). The fourth-order valence-corrected chi connectivity index (χ4v) is 4.43. The Balaban J connectivity index is 1.68. The van der Waals surface area contributed by atoms with Gasteiger partial charge in [-0.1, -0.05) is 19.1 Å². The number of rotatable bonds is 6. The summed E-state index contributed by atoms with van der Waals surface area (Å²) < 4.78 is 27.5. The molecule has 1 aliphatic rings. The molecule has 1 aliphatic heterocycles. The maximum Gasteiger partial charge on any atom is 0.261 e. The van der Waals surface area contributed by atoms with Crippen LogP contribution in [0.4, 0.5) is 5.69 Å². The maximum atomic E-state index is 12.5. The summed E-state index contributed by atoms with van der Waals surface area (Å²) >= 11 is 0. The Hall–Kier alpha value is -2.36. The molecule has 0 radical (unpaired) electrons. The van der Waals surface area contributed by atoms with Crippen molar-refractivity contribution in [1.29, 1.82) is 5.26 Å². The number of sulfonamides is 1. The number of anilines is 1. The zero-order valence-electron chi connectivity index (χ0n) is 14.9. The van der Waals surface area contributed by atoms with Crippen molar-refractivity contribution >= 4 is 15.7 Å². The van der Waals surface area contributed by atoms with E-state index in [9.17, 15) is 8.42 Å². The second-order valence-electron chi connectivity index (χ2n) is 6.65. The maximum absolute atomic E-state index is 12.5. The van der Waals surface area contributed by atoms with Crippen molar-refractivity contribution in [2.45, 2.75) is 30.6 Å². The van der Waals surface area contributed by atoms with Gasteiger partial charge in [0.1, 0.15) is 0 Å². The molecule has 1 unspecified atom stereocenters. The Labute approximate surface area is 155 Å². The molecule has 0 amide bonds. The second-order valence-corrected chi connectivity index (χ2v) is 8.33. The largest absolute Gasteiger partial charge is 0.303 e. The van der Waals surface area contributed by atoms with Crippen LogP contribution in [-0.4, -0.2) is 33.0 Å². The average molecular weight is 369 g/mol. The molecule has 6 heteroatoms. The molecule has 0 bridgehead atoms. The summed E-state index contributed by atoms with van der Waals surface area (Å²) in [6.45, 7) is 5.54. The summed E-state index contributed by atoms with van der Waals surface area (Å²) in [6, 6.07) is 15.5. The van der Waals surface area contributed by atoms with E-state index in [-0.39, 0.29) is 4.90 Å². The molecule has 1 fully saturated rings. The summed E-state index contributed by atoms with van der Waals surface area (Å²) in [5.74, 6) is 0.519. The summed E-state index contributed by atoms with van der Waals surface area (Å²) in [5, 5.41) is 8.81. The Morgan fingerprint density at radius 2 is 1.85 bits per heavy atom. The van der Waals surface area contributed by atoms with Gasteiger partial charge in [0.05, 0.1) is 16.5 Å². The van der Waals surface area contributed by atoms with Crippen molar-refractivity contribution in [3.8, 4) is 6.07 Å². The van der Waals surface area contributed by atoms with Crippen LogP contribution in [0.15, 0.2) is 53.4 Å². The number of nitriles is 1. The molecule has 0 saturated carbocycles. The van der Waals surface area contributed by atoms with Gasteiger partial charge >= 0.3 is 0 Å². The van der Waals surface area contributed by atoms with Crippen molar-refractivity contribution in [2.24, 2.45) is 0 Å². The minimum absolute atomic E-state index is 0.145. The van der Waals surface area contributed by atoms with Gasteiger partial charge in [0.25, 0.3) is 10.0 Å².